The molecule has 0 saturated heterocycles. The van der Waals surface area contributed by atoms with E-state index < -0.39 is 11.7 Å². The summed E-state index contributed by atoms with van der Waals surface area (Å²) in [7, 11) is 0. The van der Waals surface area contributed by atoms with E-state index in [4.69, 9.17) is 52.1 Å². The van der Waals surface area contributed by atoms with Gasteiger partial charge in [0.25, 0.3) is 0 Å². The Labute approximate surface area is 402 Å². The van der Waals surface area contributed by atoms with E-state index in [-0.39, 0.29) is 5.92 Å². The summed E-state index contributed by atoms with van der Waals surface area (Å²) in [5, 5.41) is 2.81. The molecule has 5 aromatic rings. The summed E-state index contributed by atoms with van der Waals surface area (Å²) in [5.74, 6) is 0.0453. The number of rotatable bonds is 37. The third kappa shape index (κ3) is 17.5. The lowest BCUT2D eigenvalue weighted by Gasteiger charge is -2.36. The molecule has 0 aliphatic heterocycles. The van der Waals surface area contributed by atoms with E-state index in [0.717, 1.165) is 16.7 Å². The summed E-state index contributed by atoms with van der Waals surface area (Å²) in [4.78, 5) is 12.3. The van der Waals surface area contributed by atoms with Crippen molar-refractivity contribution in [1.29, 1.82) is 0 Å². The molecular weight excluding hydrogens is 867 g/mol. The van der Waals surface area contributed by atoms with Crippen LogP contribution >= 0.6 is 0 Å². The predicted molar refractivity (Wildman–Crippen MR) is 260 cm³/mol. The van der Waals surface area contributed by atoms with Gasteiger partial charge in [0.15, 0.2) is 0 Å². The predicted octanol–water partition coefficient (Wildman–Crippen LogP) is 8.07. The number of ether oxygens (including phenoxy) is 11. The van der Waals surface area contributed by atoms with Gasteiger partial charge in [-0.3, -0.25) is 0 Å². The zero-order chi connectivity index (χ0) is 47.0. The maximum Gasteiger partial charge on any atom is 0.407 e. The molecule has 1 aliphatic carbocycles. The van der Waals surface area contributed by atoms with Gasteiger partial charge in [-0.25, -0.2) is 4.79 Å². The average molecular weight is 936 g/mol. The van der Waals surface area contributed by atoms with Crippen molar-refractivity contribution in [3.8, 4) is 11.1 Å². The Morgan fingerprint density at radius 3 is 1.06 bits per heavy atom. The number of fused-ring (bicyclic) bond motifs is 3. The maximum absolute atomic E-state index is 12.3. The lowest BCUT2D eigenvalue weighted by atomic mass is 9.80. The van der Waals surface area contributed by atoms with Crippen LogP contribution in [0.5, 0.6) is 0 Å². The van der Waals surface area contributed by atoms with E-state index in [2.05, 4.69) is 66.0 Å². The summed E-state index contributed by atoms with van der Waals surface area (Å²) < 4.78 is 62.9. The maximum atomic E-state index is 12.3. The lowest BCUT2D eigenvalue weighted by Crippen LogP contribution is -2.34. The van der Waals surface area contributed by atoms with Gasteiger partial charge in [-0.05, 0) is 45.4 Å². The van der Waals surface area contributed by atoms with Crippen molar-refractivity contribution in [2.75, 3.05) is 139 Å². The molecule has 0 aromatic heterocycles. The Morgan fingerprint density at radius 2 is 0.691 bits per heavy atom. The molecule has 0 saturated carbocycles. The topological polar surface area (TPSA) is 131 Å². The van der Waals surface area contributed by atoms with Gasteiger partial charge in [0, 0.05) is 19.1 Å². The Morgan fingerprint density at radius 1 is 0.382 bits per heavy atom. The molecule has 6 rings (SSSR count). The third-order valence-electron chi connectivity index (χ3n) is 11.1. The van der Waals surface area contributed by atoms with Crippen LogP contribution < -0.4 is 5.32 Å². The van der Waals surface area contributed by atoms with Crippen LogP contribution in [0.1, 0.15) is 40.2 Å². The molecule has 0 spiro atoms. The van der Waals surface area contributed by atoms with Crippen molar-refractivity contribution in [3.63, 3.8) is 0 Å². The van der Waals surface area contributed by atoms with E-state index >= 15 is 0 Å². The van der Waals surface area contributed by atoms with E-state index in [1.807, 2.05) is 78.9 Å². The standard InChI is InChI=1S/C55H69NO12/c57-54(67-45-53-51-23-12-10-21-49(51)50-22-11-13-24-52(50)53)56-25-14-26-58-27-28-59-29-30-60-31-32-61-33-34-62-35-36-63-37-38-64-39-40-65-41-42-66-43-44-68-55(46-15-4-1-5-16-46,47-17-6-2-7-18-47)48-19-8-3-9-20-48/h1-13,15-24,53H,14,25-45H2,(H,56,57). The highest BCUT2D eigenvalue weighted by Gasteiger charge is 2.37. The minimum absolute atomic E-state index is 0.0453. The van der Waals surface area contributed by atoms with E-state index in [1.54, 1.807) is 0 Å². The monoisotopic (exact) mass is 935 g/mol. The first-order chi connectivity index (χ1) is 33.8. The molecule has 1 aliphatic rings. The van der Waals surface area contributed by atoms with Crippen molar-refractivity contribution in [2.45, 2.75) is 17.9 Å². The highest BCUT2D eigenvalue weighted by Crippen LogP contribution is 2.44. The fourth-order valence-electron chi connectivity index (χ4n) is 7.90. The Hall–Kier alpha value is -5.03. The van der Waals surface area contributed by atoms with Crippen LogP contribution in [0.15, 0.2) is 140 Å². The number of amides is 1. The fraction of sp³-hybridized carbons (Fsp3) is 0.436. The van der Waals surface area contributed by atoms with E-state index in [0.29, 0.717) is 145 Å². The number of hydrogen-bond acceptors (Lipinski definition) is 12. The number of nitrogens with one attached hydrogen (secondary N) is 1. The van der Waals surface area contributed by atoms with Gasteiger partial charge in [-0.2, -0.15) is 0 Å². The van der Waals surface area contributed by atoms with Crippen LogP contribution in [0.4, 0.5) is 4.79 Å². The fourth-order valence-corrected chi connectivity index (χ4v) is 7.90. The molecular formula is C55H69NO12. The number of carbonyl (C=O) groups excluding carboxylic acids is 1. The first-order valence-electron chi connectivity index (χ1n) is 23.9. The van der Waals surface area contributed by atoms with Gasteiger partial charge >= 0.3 is 6.09 Å². The molecule has 0 heterocycles. The Bertz CT molecular complexity index is 1930. The van der Waals surface area contributed by atoms with Gasteiger partial charge in [-0.15, -0.1) is 0 Å². The van der Waals surface area contributed by atoms with Gasteiger partial charge in [-0.1, -0.05) is 140 Å². The van der Waals surface area contributed by atoms with E-state index in [9.17, 15) is 4.79 Å². The van der Waals surface area contributed by atoms with Crippen molar-refractivity contribution >= 4 is 6.09 Å². The second-order valence-corrected chi connectivity index (χ2v) is 15.7. The molecule has 5 aromatic carbocycles. The third-order valence-corrected chi connectivity index (χ3v) is 11.1. The SMILES string of the molecule is O=C(NCCCOCCOCCOCCOCCOCCOCCOCCOCCOCCOC(c1ccccc1)(c1ccccc1)c1ccccc1)OCC1c2ccccc2-c2ccccc21. The highest BCUT2D eigenvalue weighted by molar-refractivity contribution is 5.79. The van der Waals surface area contributed by atoms with Crippen LogP contribution in [0, 0.1) is 0 Å². The van der Waals surface area contributed by atoms with Crippen molar-refractivity contribution in [1.82, 2.24) is 5.32 Å². The molecule has 1 amide bonds. The minimum atomic E-state index is -0.759. The molecule has 0 radical (unpaired) electrons. The van der Waals surface area contributed by atoms with Crippen LogP contribution in [0.25, 0.3) is 11.1 Å². The normalized spacial score (nSPS) is 12.2. The van der Waals surface area contributed by atoms with Gasteiger partial charge in [0.05, 0.1) is 119 Å². The molecule has 13 heteroatoms. The quantitative estimate of drug-likeness (QED) is 0.0305. The second kappa shape index (κ2) is 31.9. The van der Waals surface area contributed by atoms with Crippen LogP contribution in [0.2, 0.25) is 0 Å². The second-order valence-electron chi connectivity index (χ2n) is 15.7. The molecule has 0 atom stereocenters. The lowest BCUT2D eigenvalue weighted by molar-refractivity contribution is -0.0399. The minimum Gasteiger partial charge on any atom is -0.449 e. The summed E-state index contributed by atoms with van der Waals surface area (Å²) in [6.45, 7) is 9.81. The zero-order valence-electron chi connectivity index (χ0n) is 39.3. The Kier molecular flexibility index (Phi) is 24.6. The zero-order valence-corrected chi connectivity index (χ0v) is 39.3. The average Bonchev–Trinajstić information content (AvgIpc) is 3.71. The molecule has 366 valence electrons. The number of alkyl carbamates (subject to hydrolysis) is 1. The molecule has 0 unspecified atom stereocenters. The Balaban J connectivity index is 0.639. The van der Waals surface area contributed by atoms with Crippen molar-refractivity contribution in [3.05, 3.63) is 167 Å². The summed E-state index contributed by atoms with van der Waals surface area (Å²) in [6, 6.07) is 47.6. The molecule has 0 bridgehead atoms. The van der Waals surface area contributed by atoms with Crippen molar-refractivity contribution < 1.29 is 56.9 Å². The highest BCUT2D eigenvalue weighted by atomic mass is 16.6. The number of hydrogen-bond donors (Lipinski definition) is 1. The first kappa shape index (κ1) is 52.3. The van der Waals surface area contributed by atoms with Crippen LogP contribution in [0.3, 0.4) is 0 Å². The first-order valence-corrected chi connectivity index (χ1v) is 23.9. The summed E-state index contributed by atoms with van der Waals surface area (Å²) in [6.07, 6.45) is 0.264. The van der Waals surface area contributed by atoms with Crippen LogP contribution in [-0.4, -0.2) is 145 Å². The number of benzene rings is 5. The smallest absolute Gasteiger partial charge is 0.407 e. The van der Waals surface area contributed by atoms with Gasteiger partial charge in [0.1, 0.15) is 12.2 Å². The molecule has 68 heavy (non-hydrogen) atoms. The summed E-state index contributed by atoms with van der Waals surface area (Å²) in [5.41, 5.74) is 7.23. The summed E-state index contributed by atoms with van der Waals surface area (Å²) >= 11 is 0. The largest absolute Gasteiger partial charge is 0.449 e. The molecule has 0 fully saturated rings. The van der Waals surface area contributed by atoms with Gasteiger partial charge in [0.2, 0.25) is 0 Å². The van der Waals surface area contributed by atoms with Crippen molar-refractivity contribution in [2.24, 2.45) is 0 Å². The molecule has 13 nitrogen and oxygen atoms in total. The van der Waals surface area contributed by atoms with E-state index in [1.165, 1.54) is 22.3 Å². The number of carbonyl (C=O) groups is 1. The molecule has 1 N–H and O–H groups in total. The van der Waals surface area contributed by atoms with Crippen LogP contribution in [-0.2, 0) is 57.7 Å². The van der Waals surface area contributed by atoms with Gasteiger partial charge < -0.3 is 57.4 Å².